The SMILES string of the molecule is C[C@H]1[C@@H](C(=O)N2CCCC2)Cc2[nH]c(-c3ccccc3)nc2C[C@@H]1c1ccccc1. The maximum atomic E-state index is 13.5. The molecule has 30 heavy (non-hydrogen) atoms. The van der Waals surface area contributed by atoms with E-state index in [9.17, 15) is 4.79 Å². The molecule has 4 nitrogen and oxygen atoms in total. The van der Waals surface area contributed by atoms with Gasteiger partial charge in [0.05, 0.1) is 5.69 Å². The molecule has 1 saturated heterocycles. The van der Waals surface area contributed by atoms with Gasteiger partial charge >= 0.3 is 0 Å². The molecule has 2 aliphatic rings. The van der Waals surface area contributed by atoms with Gasteiger partial charge in [-0.1, -0.05) is 67.6 Å². The summed E-state index contributed by atoms with van der Waals surface area (Å²) < 4.78 is 0. The van der Waals surface area contributed by atoms with Crippen LogP contribution in [0.25, 0.3) is 11.4 Å². The number of carbonyl (C=O) groups is 1. The lowest BCUT2D eigenvalue weighted by molar-refractivity contribution is -0.136. The van der Waals surface area contributed by atoms with E-state index < -0.39 is 0 Å². The van der Waals surface area contributed by atoms with Crippen molar-refractivity contribution in [1.82, 2.24) is 14.9 Å². The number of amides is 1. The first-order chi connectivity index (χ1) is 14.7. The first kappa shape index (κ1) is 19.1. The normalized spacial score (nSPS) is 23.8. The second-order valence-electron chi connectivity index (χ2n) is 8.80. The van der Waals surface area contributed by atoms with Crippen LogP contribution in [0, 0.1) is 11.8 Å². The Morgan fingerprint density at radius 2 is 1.63 bits per heavy atom. The Morgan fingerprint density at radius 1 is 0.967 bits per heavy atom. The van der Waals surface area contributed by atoms with E-state index in [1.54, 1.807) is 0 Å². The lowest BCUT2D eigenvalue weighted by Crippen LogP contribution is -2.39. The van der Waals surface area contributed by atoms with Gasteiger partial charge in [0, 0.05) is 36.7 Å². The van der Waals surface area contributed by atoms with Crippen molar-refractivity contribution in [1.29, 1.82) is 0 Å². The Morgan fingerprint density at radius 3 is 2.33 bits per heavy atom. The third-order valence-electron chi connectivity index (χ3n) is 6.98. The van der Waals surface area contributed by atoms with E-state index >= 15 is 0 Å². The van der Waals surface area contributed by atoms with E-state index in [4.69, 9.17) is 4.98 Å². The average molecular weight is 400 g/mol. The molecule has 0 radical (unpaired) electrons. The van der Waals surface area contributed by atoms with E-state index in [0.717, 1.165) is 61.5 Å². The van der Waals surface area contributed by atoms with Gasteiger partial charge in [0.25, 0.3) is 0 Å². The monoisotopic (exact) mass is 399 g/mol. The van der Waals surface area contributed by atoms with Gasteiger partial charge in [-0.2, -0.15) is 0 Å². The van der Waals surface area contributed by atoms with Crippen molar-refractivity contribution in [2.75, 3.05) is 13.1 Å². The van der Waals surface area contributed by atoms with Gasteiger partial charge in [0.15, 0.2) is 0 Å². The number of H-pyrrole nitrogens is 1. The number of benzene rings is 2. The molecule has 1 N–H and O–H groups in total. The van der Waals surface area contributed by atoms with Crippen molar-refractivity contribution in [2.24, 2.45) is 11.8 Å². The molecule has 0 unspecified atom stereocenters. The third-order valence-corrected chi connectivity index (χ3v) is 6.98. The maximum absolute atomic E-state index is 13.5. The summed E-state index contributed by atoms with van der Waals surface area (Å²) in [6.07, 6.45) is 3.87. The van der Waals surface area contributed by atoms with Gasteiger partial charge in [-0.25, -0.2) is 4.98 Å². The second-order valence-corrected chi connectivity index (χ2v) is 8.80. The predicted octanol–water partition coefficient (Wildman–Crippen LogP) is 4.83. The topological polar surface area (TPSA) is 49.0 Å². The van der Waals surface area contributed by atoms with Crippen LogP contribution < -0.4 is 0 Å². The van der Waals surface area contributed by atoms with Crippen molar-refractivity contribution in [3.05, 3.63) is 77.6 Å². The van der Waals surface area contributed by atoms with E-state index in [0.29, 0.717) is 5.91 Å². The van der Waals surface area contributed by atoms with E-state index in [2.05, 4.69) is 59.3 Å². The van der Waals surface area contributed by atoms with Crippen LogP contribution in [0.4, 0.5) is 0 Å². The van der Waals surface area contributed by atoms with Gasteiger partial charge in [-0.15, -0.1) is 0 Å². The predicted molar refractivity (Wildman–Crippen MR) is 119 cm³/mol. The number of rotatable bonds is 3. The van der Waals surface area contributed by atoms with Crippen LogP contribution in [0.3, 0.4) is 0 Å². The number of fused-ring (bicyclic) bond motifs is 1. The number of carbonyl (C=O) groups excluding carboxylic acids is 1. The number of aromatic amines is 1. The molecular weight excluding hydrogens is 370 g/mol. The Kier molecular flexibility index (Phi) is 5.16. The van der Waals surface area contributed by atoms with Crippen LogP contribution in [-0.2, 0) is 17.6 Å². The minimum Gasteiger partial charge on any atom is -0.342 e. The second kappa shape index (κ2) is 8.10. The minimum absolute atomic E-state index is 0.0152. The summed E-state index contributed by atoms with van der Waals surface area (Å²) in [6, 6.07) is 20.9. The van der Waals surface area contributed by atoms with Crippen molar-refractivity contribution in [3.8, 4) is 11.4 Å². The van der Waals surface area contributed by atoms with Crippen LogP contribution in [0.15, 0.2) is 60.7 Å². The summed E-state index contributed by atoms with van der Waals surface area (Å²) in [5.41, 5.74) is 4.65. The molecule has 1 fully saturated rings. The van der Waals surface area contributed by atoms with Gasteiger partial charge in [0.2, 0.25) is 5.91 Å². The molecule has 1 aromatic heterocycles. The lowest BCUT2D eigenvalue weighted by Gasteiger charge is -2.31. The number of nitrogens with zero attached hydrogens (tertiary/aromatic N) is 2. The Balaban J connectivity index is 1.54. The molecule has 4 heteroatoms. The highest BCUT2D eigenvalue weighted by molar-refractivity contribution is 5.80. The quantitative estimate of drug-likeness (QED) is 0.641. The molecule has 3 atom stereocenters. The van der Waals surface area contributed by atoms with Crippen LogP contribution in [0.2, 0.25) is 0 Å². The number of hydrogen-bond acceptors (Lipinski definition) is 2. The summed E-state index contributed by atoms with van der Waals surface area (Å²) in [5.74, 6) is 1.77. The summed E-state index contributed by atoms with van der Waals surface area (Å²) in [7, 11) is 0. The molecule has 2 aromatic carbocycles. The lowest BCUT2D eigenvalue weighted by atomic mass is 9.77. The Hall–Kier alpha value is -2.88. The largest absolute Gasteiger partial charge is 0.342 e. The zero-order chi connectivity index (χ0) is 20.5. The number of nitrogens with one attached hydrogen (secondary N) is 1. The van der Waals surface area contributed by atoms with Crippen molar-refractivity contribution >= 4 is 5.91 Å². The summed E-state index contributed by atoms with van der Waals surface area (Å²) in [5, 5.41) is 0. The molecular formula is C26H29N3O. The van der Waals surface area contributed by atoms with Crippen LogP contribution in [0.1, 0.15) is 42.6 Å². The van der Waals surface area contributed by atoms with Crippen LogP contribution in [-0.4, -0.2) is 33.9 Å². The van der Waals surface area contributed by atoms with Gasteiger partial charge in [-0.05, 0) is 36.7 Å². The molecule has 154 valence electrons. The van der Waals surface area contributed by atoms with E-state index in [1.807, 2.05) is 18.2 Å². The Labute approximate surface area is 178 Å². The van der Waals surface area contributed by atoms with Crippen LogP contribution >= 0.6 is 0 Å². The summed E-state index contributed by atoms with van der Waals surface area (Å²) >= 11 is 0. The molecule has 0 bridgehead atoms. The standard InChI is InChI=1S/C26H29N3O/c1-18-21(19-10-4-2-5-11-19)16-23-24(17-22(18)26(30)29-14-8-9-15-29)28-25(27-23)20-12-6-3-7-13-20/h2-7,10-13,18,21-22H,8-9,14-17H2,1H3,(H,27,28)/t18-,21+,22+/m1/s1. The van der Waals surface area contributed by atoms with Crippen molar-refractivity contribution in [2.45, 2.75) is 38.5 Å². The summed E-state index contributed by atoms with van der Waals surface area (Å²) in [4.78, 5) is 24.2. The highest BCUT2D eigenvalue weighted by atomic mass is 16.2. The molecule has 5 rings (SSSR count). The molecule has 1 aliphatic heterocycles. The molecule has 3 aromatic rings. The number of aromatic nitrogens is 2. The van der Waals surface area contributed by atoms with Crippen molar-refractivity contribution < 1.29 is 4.79 Å². The molecule has 2 heterocycles. The van der Waals surface area contributed by atoms with Gasteiger partial charge in [-0.3, -0.25) is 4.79 Å². The molecule has 1 aliphatic carbocycles. The fraction of sp³-hybridized carbons (Fsp3) is 0.385. The smallest absolute Gasteiger partial charge is 0.226 e. The fourth-order valence-electron chi connectivity index (χ4n) is 5.20. The van der Waals surface area contributed by atoms with Crippen LogP contribution in [0.5, 0.6) is 0 Å². The number of likely N-dealkylation sites (tertiary alicyclic amines) is 1. The van der Waals surface area contributed by atoms with E-state index in [-0.39, 0.29) is 17.8 Å². The fourth-order valence-corrected chi connectivity index (χ4v) is 5.20. The van der Waals surface area contributed by atoms with Gasteiger partial charge < -0.3 is 9.88 Å². The average Bonchev–Trinajstić information content (AvgIpc) is 3.44. The number of hydrogen-bond donors (Lipinski definition) is 1. The molecule has 0 saturated carbocycles. The number of imidazole rings is 1. The van der Waals surface area contributed by atoms with Gasteiger partial charge in [0.1, 0.15) is 5.82 Å². The summed E-state index contributed by atoms with van der Waals surface area (Å²) in [6.45, 7) is 4.08. The highest BCUT2D eigenvalue weighted by Gasteiger charge is 2.39. The Bertz CT molecular complexity index is 1010. The maximum Gasteiger partial charge on any atom is 0.226 e. The zero-order valence-electron chi connectivity index (χ0n) is 17.6. The van der Waals surface area contributed by atoms with E-state index in [1.165, 1.54) is 5.56 Å². The van der Waals surface area contributed by atoms with Crippen molar-refractivity contribution in [3.63, 3.8) is 0 Å². The zero-order valence-corrected chi connectivity index (χ0v) is 17.6. The molecule has 0 spiro atoms. The molecule has 1 amide bonds. The highest BCUT2D eigenvalue weighted by Crippen LogP contribution is 2.40. The first-order valence-corrected chi connectivity index (χ1v) is 11.2. The third kappa shape index (κ3) is 3.55. The first-order valence-electron chi connectivity index (χ1n) is 11.2. The minimum atomic E-state index is -0.0152.